The molecule has 1 atom stereocenters. The molecule has 0 saturated heterocycles. The van der Waals surface area contributed by atoms with Crippen molar-refractivity contribution in [3.05, 3.63) is 33.9 Å². The number of nitro groups is 1. The summed E-state index contributed by atoms with van der Waals surface area (Å²) >= 11 is 0.801. The van der Waals surface area contributed by atoms with Crippen LogP contribution in [0.1, 0.15) is 12.5 Å². The fraction of sp³-hybridized carbons (Fsp3) is 0.462. The summed E-state index contributed by atoms with van der Waals surface area (Å²) in [6.45, 7) is 2.02. The Morgan fingerprint density at radius 2 is 2.13 bits per heavy atom. The molecule has 23 heavy (non-hydrogen) atoms. The molecule has 0 aliphatic rings. The Balaban J connectivity index is 2.80. The van der Waals surface area contributed by atoms with Gasteiger partial charge in [-0.25, -0.2) is 0 Å². The lowest BCUT2D eigenvalue weighted by Crippen LogP contribution is -2.36. The number of halogens is 3. The number of hydrogen-bond acceptors (Lipinski definition) is 5. The minimum Gasteiger partial charge on any atom is -0.383 e. The number of thioether (sulfide) groups is 1. The van der Waals surface area contributed by atoms with Crippen LogP contribution in [0.5, 0.6) is 0 Å². The van der Waals surface area contributed by atoms with Gasteiger partial charge in [0, 0.05) is 19.2 Å². The molecule has 6 nitrogen and oxygen atoms in total. The van der Waals surface area contributed by atoms with E-state index < -0.39 is 28.3 Å². The van der Waals surface area contributed by atoms with Crippen molar-refractivity contribution in [2.24, 2.45) is 0 Å². The lowest BCUT2D eigenvalue weighted by molar-refractivity contribution is -0.388. The number of ether oxygens (including phenoxy) is 1. The number of carbonyl (C=O) groups excluding carboxylic acids is 1. The van der Waals surface area contributed by atoms with Crippen molar-refractivity contribution in [2.75, 3.05) is 19.5 Å². The molecular weight excluding hydrogens is 337 g/mol. The van der Waals surface area contributed by atoms with E-state index in [1.807, 2.05) is 0 Å². The summed E-state index contributed by atoms with van der Waals surface area (Å²) < 4.78 is 42.6. The minimum atomic E-state index is -4.67. The highest BCUT2D eigenvalue weighted by atomic mass is 32.2. The van der Waals surface area contributed by atoms with Crippen LogP contribution < -0.4 is 5.32 Å². The molecule has 0 aliphatic carbocycles. The third kappa shape index (κ3) is 6.06. The van der Waals surface area contributed by atoms with Crippen LogP contribution >= 0.6 is 11.8 Å². The van der Waals surface area contributed by atoms with Crippen LogP contribution in [0.4, 0.5) is 18.9 Å². The Hall–Kier alpha value is -1.81. The molecule has 0 fully saturated rings. The third-order valence-corrected chi connectivity index (χ3v) is 3.73. The molecule has 0 aliphatic heterocycles. The first kappa shape index (κ1) is 19.2. The Morgan fingerprint density at radius 1 is 1.48 bits per heavy atom. The summed E-state index contributed by atoms with van der Waals surface area (Å²) in [5.41, 5.74) is -1.78. The Kier molecular flexibility index (Phi) is 6.82. The van der Waals surface area contributed by atoms with E-state index in [9.17, 15) is 28.1 Å². The topological polar surface area (TPSA) is 81.5 Å². The van der Waals surface area contributed by atoms with Crippen LogP contribution in [-0.4, -0.2) is 36.3 Å². The van der Waals surface area contributed by atoms with Crippen molar-refractivity contribution in [3.8, 4) is 0 Å². The highest BCUT2D eigenvalue weighted by Gasteiger charge is 2.33. The summed E-state index contributed by atoms with van der Waals surface area (Å²) in [6, 6.07) is 1.97. The van der Waals surface area contributed by atoms with Gasteiger partial charge in [0.05, 0.1) is 27.7 Å². The number of nitro benzene ring substituents is 1. The van der Waals surface area contributed by atoms with E-state index in [-0.39, 0.29) is 16.7 Å². The van der Waals surface area contributed by atoms with E-state index >= 15 is 0 Å². The molecule has 1 N–H and O–H groups in total. The smallest absolute Gasteiger partial charge is 0.383 e. The summed E-state index contributed by atoms with van der Waals surface area (Å²) in [5, 5.41) is 13.5. The van der Waals surface area contributed by atoms with Crippen molar-refractivity contribution < 1.29 is 27.6 Å². The van der Waals surface area contributed by atoms with Crippen LogP contribution in [0, 0.1) is 10.1 Å². The lowest BCUT2D eigenvalue weighted by atomic mass is 10.2. The van der Waals surface area contributed by atoms with Gasteiger partial charge in [0.25, 0.3) is 5.69 Å². The van der Waals surface area contributed by atoms with E-state index in [1.54, 1.807) is 6.92 Å². The zero-order valence-corrected chi connectivity index (χ0v) is 13.2. The van der Waals surface area contributed by atoms with Crippen LogP contribution in [-0.2, 0) is 15.7 Å². The molecule has 0 bridgehead atoms. The van der Waals surface area contributed by atoms with Gasteiger partial charge in [-0.2, -0.15) is 13.2 Å². The zero-order valence-electron chi connectivity index (χ0n) is 12.3. The molecular formula is C13H15F3N2O4S. The highest BCUT2D eigenvalue weighted by molar-refractivity contribution is 8.00. The predicted octanol–water partition coefficient (Wildman–Crippen LogP) is 2.86. The van der Waals surface area contributed by atoms with Gasteiger partial charge in [-0.15, -0.1) is 11.8 Å². The van der Waals surface area contributed by atoms with Crippen molar-refractivity contribution in [2.45, 2.75) is 24.0 Å². The maximum absolute atomic E-state index is 12.6. The average molecular weight is 352 g/mol. The molecule has 1 unspecified atom stereocenters. The molecule has 0 heterocycles. The van der Waals surface area contributed by atoms with Gasteiger partial charge in [0.1, 0.15) is 0 Å². The van der Waals surface area contributed by atoms with E-state index in [0.29, 0.717) is 12.7 Å². The summed E-state index contributed by atoms with van der Waals surface area (Å²) in [6.07, 6.45) is -4.67. The number of rotatable bonds is 7. The molecule has 0 spiro atoms. The van der Waals surface area contributed by atoms with Crippen molar-refractivity contribution in [3.63, 3.8) is 0 Å². The van der Waals surface area contributed by atoms with E-state index in [0.717, 1.165) is 23.9 Å². The van der Waals surface area contributed by atoms with E-state index in [4.69, 9.17) is 4.74 Å². The number of nitrogens with one attached hydrogen (secondary N) is 1. The number of benzene rings is 1. The van der Waals surface area contributed by atoms with Crippen LogP contribution in [0.15, 0.2) is 23.1 Å². The quantitative estimate of drug-likeness (QED) is 0.464. The number of carbonyl (C=O) groups is 1. The van der Waals surface area contributed by atoms with E-state index in [1.165, 1.54) is 7.11 Å². The SMILES string of the molecule is COCC(C)NC(=O)CSc1ccc(C(F)(F)F)cc1[N+](=O)[O-]. The number of hydrogen-bond donors (Lipinski definition) is 1. The van der Waals surface area contributed by atoms with Gasteiger partial charge in [-0.1, -0.05) is 0 Å². The van der Waals surface area contributed by atoms with Crippen LogP contribution in [0.25, 0.3) is 0 Å². The number of methoxy groups -OCH3 is 1. The summed E-state index contributed by atoms with van der Waals surface area (Å²) in [7, 11) is 1.48. The Labute approximate surface area is 134 Å². The average Bonchev–Trinajstić information content (AvgIpc) is 2.44. The monoisotopic (exact) mass is 352 g/mol. The second-order valence-electron chi connectivity index (χ2n) is 4.65. The van der Waals surface area contributed by atoms with Crippen molar-refractivity contribution in [1.29, 1.82) is 0 Å². The zero-order chi connectivity index (χ0) is 17.6. The van der Waals surface area contributed by atoms with E-state index in [2.05, 4.69) is 5.32 Å². The van der Waals surface area contributed by atoms with Crippen LogP contribution in [0.3, 0.4) is 0 Å². The van der Waals surface area contributed by atoms with Crippen molar-refractivity contribution >= 4 is 23.4 Å². The first-order valence-electron chi connectivity index (χ1n) is 6.42. The molecule has 128 valence electrons. The molecule has 0 aromatic heterocycles. The molecule has 10 heteroatoms. The first-order valence-corrected chi connectivity index (χ1v) is 7.40. The minimum absolute atomic E-state index is 0.00227. The summed E-state index contributed by atoms with van der Waals surface area (Å²) in [4.78, 5) is 21.7. The molecule has 0 radical (unpaired) electrons. The second-order valence-corrected chi connectivity index (χ2v) is 5.67. The molecule has 1 rings (SSSR count). The van der Waals surface area contributed by atoms with Gasteiger partial charge in [0.15, 0.2) is 0 Å². The Morgan fingerprint density at radius 3 is 2.65 bits per heavy atom. The molecule has 1 aromatic carbocycles. The van der Waals surface area contributed by atoms with Gasteiger partial charge in [-0.05, 0) is 19.1 Å². The number of nitrogens with zero attached hydrogens (tertiary/aromatic N) is 1. The second kappa shape index (κ2) is 8.16. The molecule has 0 saturated carbocycles. The fourth-order valence-corrected chi connectivity index (χ4v) is 2.53. The van der Waals surface area contributed by atoms with Gasteiger partial charge in [0.2, 0.25) is 5.91 Å². The maximum atomic E-state index is 12.6. The van der Waals surface area contributed by atoms with Gasteiger partial charge in [-0.3, -0.25) is 14.9 Å². The number of amides is 1. The molecule has 1 aromatic rings. The standard InChI is InChI=1S/C13H15F3N2O4S/c1-8(6-22-2)17-12(19)7-23-11-4-3-9(13(14,15)16)5-10(11)18(20)21/h3-5,8H,6-7H2,1-2H3,(H,17,19). The van der Waals surface area contributed by atoms with Crippen LogP contribution in [0.2, 0.25) is 0 Å². The first-order chi connectivity index (χ1) is 10.6. The van der Waals surface area contributed by atoms with Gasteiger partial charge >= 0.3 is 6.18 Å². The van der Waals surface area contributed by atoms with Crippen molar-refractivity contribution in [1.82, 2.24) is 5.32 Å². The normalized spacial score (nSPS) is 12.7. The summed E-state index contributed by atoms with van der Waals surface area (Å²) in [5.74, 6) is -0.547. The largest absolute Gasteiger partial charge is 0.416 e. The number of alkyl halides is 3. The third-order valence-electron chi connectivity index (χ3n) is 2.67. The Bertz CT molecular complexity index is 581. The maximum Gasteiger partial charge on any atom is 0.416 e. The molecule has 1 amide bonds. The predicted molar refractivity (Wildman–Crippen MR) is 78.3 cm³/mol. The highest BCUT2D eigenvalue weighted by Crippen LogP contribution is 2.36. The lowest BCUT2D eigenvalue weighted by Gasteiger charge is -2.12. The fourth-order valence-electron chi connectivity index (χ4n) is 1.71. The van der Waals surface area contributed by atoms with Gasteiger partial charge < -0.3 is 10.1 Å².